The van der Waals surface area contributed by atoms with Crippen LogP contribution in [0.15, 0.2) is 11.6 Å². The first kappa shape index (κ1) is 11.4. The minimum Gasteiger partial charge on any atom is -0.392 e. The van der Waals surface area contributed by atoms with E-state index in [1.807, 2.05) is 0 Å². The van der Waals surface area contributed by atoms with Gasteiger partial charge in [-0.15, -0.1) is 0 Å². The lowest BCUT2D eigenvalue weighted by atomic mass is 9.52. The highest BCUT2D eigenvalue weighted by Gasteiger charge is 2.80. The van der Waals surface area contributed by atoms with E-state index < -0.39 is 0 Å². The van der Waals surface area contributed by atoms with Crippen molar-refractivity contribution in [3.63, 3.8) is 0 Å². The van der Waals surface area contributed by atoms with Crippen molar-refractivity contribution in [1.29, 1.82) is 0 Å². The van der Waals surface area contributed by atoms with Gasteiger partial charge in [0.2, 0.25) is 0 Å². The van der Waals surface area contributed by atoms with Crippen molar-refractivity contribution >= 4 is 0 Å². The van der Waals surface area contributed by atoms with Crippen molar-refractivity contribution in [1.82, 2.24) is 0 Å². The molecule has 1 spiro atoms. The van der Waals surface area contributed by atoms with E-state index in [1.165, 1.54) is 5.57 Å². The molecular weight excluding hydrogens is 228 g/mol. The predicted molar refractivity (Wildman–Crippen MR) is 67.2 cm³/mol. The fraction of sp³-hybridized carbons (Fsp3) is 0.867. The van der Waals surface area contributed by atoms with Gasteiger partial charge in [-0.05, 0) is 19.8 Å². The van der Waals surface area contributed by atoms with Crippen molar-refractivity contribution < 1.29 is 14.6 Å². The Balaban J connectivity index is 1.88. The summed E-state index contributed by atoms with van der Waals surface area (Å²) in [7, 11) is 0. The molecule has 4 aliphatic rings. The maximum atomic E-state index is 10.6. The highest BCUT2D eigenvalue weighted by atomic mass is 16.6. The second kappa shape index (κ2) is 3.02. The van der Waals surface area contributed by atoms with Crippen LogP contribution in [0.2, 0.25) is 0 Å². The smallest absolute Gasteiger partial charge is 0.126 e. The molecule has 18 heavy (non-hydrogen) atoms. The molecule has 3 heteroatoms. The summed E-state index contributed by atoms with van der Waals surface area (Å²) in [6, 6.07) is 0. The van der Waals surface area contributed by atoms with Gasteiger partial charge in [0.25, 0.3) is 0 Å². The molecule has 2 bridgehead atoms. The average molecular weight is 250 g/mol. The minimum absolute atomic E-state index is 0.00454. The van der Waals surface area contributed by atoms with Gasteiger partial charge < -0.3 is 14.6 Å². The van der Waals surface area contributed by atoms with Crippen LogP contribution >= 0.6 is 0 Å². The molecule has 0 aromatic carbocycles. The van der Waals surface area contributed by atoms with E-state index in [0.717, 1.165) is 25.9 Å². The van der Waals surface area contributed by atoms with Crippen LogP contribution < -0.4 is 0 Å². The van der Waals surface area contributed by atoms with Gasteiger partial charge in [-0.1, -0.05) is 25.5 Å². The van der Waals surface area contributed by atoms with Crippen LogP contribution in [0.5, 0.6) is 0 Å². The van der Waals surface area contributed by atoms with Gasteiger partial charge in [0, 0.05) is 17.3 Å². The third kappa shape index (κ3) is 0.972. The Morgan fingerprint density at radius 1 is 1.39 bits per heavy atom. The van der Waals surface area contributed by atoms with E-state index >= 15 is 0 Å². The summed E-state index contributed by atoms with van der Waals surface area (Å²) in [4.78, 5) is 0. The molecule has 3 fully saturated rings. The molecule has 6 atom stereocenters. The van der Waals surface area contributed by atoms with Gasteiger partial charge in [-0.2, -0.15) is 0 Å². The van der Waals surface area contributed by atoms with Crippen molar-refractivity contribution in [3.05, 3.63) is 11.6 Å². The SMILES string of the molecule is CC1=C[C@H]2O[C@@H]3C[C@@H](O)[C@](C)([C@@]2(C)CC1)[C@@]31CO1. The quantitative estimate of drug-likeness (QED) is 0.528. The summed E-state index contributed by atoms with van der Waals surface area (Å²) in [6.07, 6.45) is 5.14. The van der Waals surface area contributed by atoms with E-state index in [0.29, 0.717) is 0 Å². The van der Waals surface area contributed by atoms with Gasteiger partial charge in [-0.25, -0.2) is 0 Å². The van der Waals surface area contributed by atoms with Crippen LogP contribution in [0, 0.1) is 10.8 Å². The normalized spacial score (nSPS) is 61.6. The number of rotatable bonds is 0. The molecule has 4 rings (SSSR count). The molecule has 1 N–H and O–H groups in total. The Morgan fingerprint density at radius 2 is 2.11 bits per heavy atom. The molecule has 2 aliphatic carbocycles. The average Bonchev–Trinajstić information content (AvgIpc) is 3.08. The first-order chi connectivity index (χ1) is 8.44. The third-order valence-corrected chi connectivity index (χ3v) is 6.56. The molecule has 3 nitrogen and oxygen atoms in total. The van der Waals surface area contributed by atoms with Crippen molar-refractivity contribution in [3.8, 4) is 0 Å². The third-order valence-electron chi connectivity index (χ3n) is 6.56. The summed E-state index contributed by atoms with van der Waals surface area (Å²) >= 11 is 0. The number of hydrogen-bond acceptors (Lipinski definition) is 3. The lowest BCUT2D eigenvalue weighted by Crippen LogP contribution is -2.63. The Bertz CT molecular complexity index is 439. The zero-order chi connectivity index (χ0) is 12.8. The first-order valence-corrected chi connectivity index (χ1v) is 7.09. The molecule has 0 radical (unpaired) electrons. The van der Waals surface area contributed by atoms with Crippen molar-refractivity contribution in [2.24, 2.45) is 10.8 Å². The zero-order valence-electron chi connectivity index (χ0n) is 11.4. The lowest BCUT2D eigenvalue weighted by Gasteiger charge is -2.57. The largest absolute Gasteiger partial charge is 0.392 e. The zero-order valence-corrected chi connectivity index (χ0v) is 11.4. The van der Waals surface area contributed by atoms with Crippen LogP contribution in [0.25, 0.3) is 0 Å². The van der Waals surface area contributed by atoms with Gasteiger partial charge >= 0.3 is 0 Å². The van der Waals surface area contributed by atoms with E-state index in [9.17, 15) is 5.11 Å². The second-order valence-electron chi connectivity index (χ2n) is 7.11. The molecule has 0 aromatic rings. The maximum Gasteiger partial charge on any atom is 0.126 e. The molecule has 2 aliphatic heterocycles. The summed E-state index contributed by atoms with van der Waals surface area (Å²) in [6.45, 7) is 7.46. The van der Waals surface area contributed by atoms with Gasteiger partial charge in [0.1, 0.15) is 5.60 Å². The molecule has 0 unspecified atom stereocenters. The van der Waals surface area contributed by atoms with Crippen LogP contribution in [0.3, 0.4) is 0 Å². The van der Waals surface area contributed by atoms with Crippen molar-refractivity contribution in [2.75, 3.05) is 6.61 Å². The summed E-state index contributed by atoms with van der Waals surface area (Å²) in [5.41, 5.74) is 1.05. The van der Waals surface area contributed by atoms with E-state index in [1.54, 1.807) is 0 Å². The lowest BCUT2D eigenvalue weighted by molar-refractivity contribution is -0.204. The molecule has 0 amide bonds. The summed E-state index contributed by atoms with van der Waals surface area (Å²) in [5.74, 6) is 0. The molecule has 0 aromatic heterocycles. The number of epoxide rings is 1. The highest BCUT2D eigenvalue weighted by molar-refractivity contribution is 5.31. The standard InChI is InChI=1S/C15H22O3/c1-9-4-5-13(2)11(6-9)18-12-7-10(16)14(13,3)15(12)8-17-15/h6,10-12,16H,4-5,7-8H2,1-3H3/t10-,11-,12-,13+,14-,15-/m1/s1. The minimum atomic E-state index is -0.299. The van der Waals surface area contributed by atoms with E-state index in [4.69, 9.17) is 9.47 Å². The first-order valence-electron chi connectivity index (χ1n) is 7.09. The maximum absolute atomic E-state index is 10.6. The number of hydrogen-bond donors (Lipinski definition) is 1. The molecule has 100 valence electrons. The number of fused-ring (bicyclic) bond motifs is 2. The number of aliphatic hydroxyl groups is 1. The van der Waals surface area contributed by atoms with Gasteiger partial charge in [0.05, 0.1) is 24.9 Å². The monoisotopic (exact) mass is 250 g/mol. The van der Waals surface area contributed by atoms with Crippen LogP contribution in [0.4, 0.5) is 0 Å². The van der Waals surface area contributed by atoms with Gasteiger partial charge in [0.15, 0.2) is 0 Å². The van der Waals surface area contributed by atoms with Gasteiger partial charge in [-0.3, -0.25) is 0 Å². The van der Waals surface area contributed by atoms with Crippen molar-refractivity contribution in [2.45, 2.75) is 63.9 Å². The Kier molecular flexibility index (Phi) is 1.92. The Labute approximate surface area is 108 Å². The van der Waals surface area contributed by atoms with Crippen LogP contribution in [0.1, 0.15) is 40.0 Å². The Morgan fingerprint density at radius 3 is 2.78 bits per heavy atom. The number of aliphatic hydroxyl groups excluding tert-OH is 1. The van der Waals surface area contributed by atoms with Crippen LogP contribution in [-0.4, -0.2) is 35.6 Å². The molecule has 1 saturated carbocycles. The highest BCUT2D eigenvalue weighted by Crippen LogP contribution is 2.71. The molecule has 2 saturated heterocycles. The second-order valence-corrected chi connectivity index (χ2v) is 7.11. The Hall–Kier alpha value is -0.380. The number of ether oxygens (including phenoxy) is 2. The topological polar surface area (TPSA) is 42.0 Å². The number of allylic oxidation sites excluding steroid dienone is 1. The molecule has 2 heterocycles. The van der Waals surface area contributed by atoms with E-state index in [-0.39, 0.29) is 34.7 Å². The molecular formula is C15H22O3. The van der Waals surface area contributed by atoms with E-state index in [2.05, 4.69) is 26.8 Å². The predicted octanol–water partition coefficient (Wildman–Crippen LogP) is 2.04. The van der Waals surface area contributed by atoms with Crippen LogP contribution in [-0.2, 0) is 9.47 Å². The fourth-order valence-corrected chi connectivity index (χ4v) is 4.88. The summed E-state index contributed by atoms with van der Waals surface area (Å²) < 4.78 is 12.1. The summed E-state index contributed by atoms with van der Waals surface area (Å²) in [5, 5.41) is 10.6. The fourth-order valence-electron chi connectivity index (χ4n) is 4.88.